The van der Waals surface area contributed by atoms with Crippen molar-refractivity contribution in [3.63, 3.8) is 0 Å². The third kappa shape index (κ3) is 6.36. The average Bonchev–Trinajstić information content (AvgIpc) is 3.41. The van der Waals surface area contributed by atoms with Gasteiger partial charge < -0.3 is 19.9 Å². The number of halogens is 3. The van der Waals surface area contributed by atoms with Crippen LogP contribution >= 0.6 is 34.2 Å². The van der Waals surface area contributed by atoms with Crippen molar-refractivity contribution in [2.24, 2.45) is 0 Å². The second kappa shape index (κ2) is 10.8. The first-order valence-corrected chi connectivity index (χ1v) is 13.6. The van der Waals surface area contributed by atoms with Crippen molar-refractivity contribution >= 4 is 57.8 Å². The molecule has 0 saturated carbocycles. The van der Waals surface area contributed by atoms with Crippen molar-refractivity contribution in [3.05, 3.63) is 47.0 Å². The van der Waals surface area contributed by atoms with Gasteiger partial charge in [0.15, 0.2) is 3.42 Å². The molecule has 2 fully saturated rings. The van der Waals surface area contributed by atoms with Gasteiger partial charge in [0, 0.05) is 37.4 Å². The third-order valence-electron chi connectivity index (χ3n) is 6.39. The lowest BCUT2D eigenvalue weighted by atomic mass is 10.1. The summed E-state index contributed by atoms with van der Waals surface area (Å²) in [4.78, 5) is 41.9. The van der Waals surface area contributed by atoms with E-state index in [1.807, 2.05) is 54.2 Å². The summed E-state index contributed by atoms with van der Waals surface area (Å²) >= 11 is 7.79. The number of nitrogens with one attached hydrogen (secondary N) is 1. The fraction of sp³-hybridized carbons (Fsp3) is 0.520. The molecule has 2 saturated heterocycles. The Labute approximate surface area is 233 Å². The molecule has 3 amide bonds. The second-order valence-corrected chi connectivity index (χ2v) is 12.6. The van der Waals surface area contributed by atoms with Crippen LogP contribution in [-0.2, 0) is 20.9 Å². The maximum absolute atomic E-state index is 13.6. The Bertz CT molecular complexity index is 1170. The number of anilines is 1. The molecular weight excluding hydrogens is 616 g/mol. The summed E-state index contributed by atoms with van der Waals surface area (Å²) in [5.41, 5.74) is 0.605. The van der Waals surface area contributed by atoms with Crippen LogP contribution < -0.4 is 10.2 Å². The van der Waals surface area contributed by atoms with E-state index in [1.165, 1.54) is 12.1 Å². The molecule has 1 atom stereocenters. The molecule has 1 aromatic carbocycles. The van der Waals surface area contributed by atoms with Crippen molar-refractivity contribution in [3.8, 4) is 0 Å². The van der Waals surface area contributed by atoms with Gasteiger partial charge in [-0.3, -0.25) is 14.3 Å². The quantitative estimate of drug-likeness (QED) is 0.294. The van der Waals surface area contributed by atoms with E-state index in [9.17, 15) is 18.8 Å². The number of benzene rings is 1. The highest BCUT2D eigenvalue weighted by Crippen LogP contribution is 2.36. The molecule has 0 bridgehead atoms. The van der Waals surface area contributed by atoms with Crippen molar-refractivity contribution in [2.75, 3.05) is 24.5 Å². The van der Waals surface area contributed by atoms with Gasteiger partial charge in [-0.15, -0.1) is 0 Å². The van der Waals surface area contributed by atoms with Crippen LogP contribution in [0.3, 0.4) is 0 Å². The van der Waals surface area contributed by atoms with E-state index >= 15 is 0 Å². The van der Waals surface area contributed by atoms with E-state index in [4.69, 9.17) is 16.3 Å². The third-order valence-corrected chi connectivity index (χ3v) is 8.10. The fourth-order valence-corrected chi connectivity index (χ4v) is 5.45. The molecule has 3 heterocycles. The Morgan fingerprint density at radius 3 is 2.59 bits per heavy atom. The molecule has 2 aromatic rings. The van der Waals surface area contributed by atoms with Crippen molar-refractivity contribution < 1.29 is 23.5 Å². The molecule has 1 aromatic heterocycles. The Morgan fingerprint density at radius 2 is 1.95 bits per heavy atom. The maximum Gasteiger partial charge on any atom is 0.410 e. The van der Waals surface area contributed by atoms with Crippen molar-refractivity contribution in [1.29, 1.82) is 0 Å². The van der Waals surface area contributed by atoms with Gasteiger partial charge in [-0.1, -0.05) is 34.2 Å². The van der Waals surface area contributed by atoms with Gasteiger partial charge in [-0.2, -0.15) is 5.10 Å². The SMILES string of the molecule is CC(C)(C)OC(=O)N1CCC(n2cc(N3CCC(I)(C(=O)NCc4cc(F)cc(Cl)c4)C3=O)cn2)CC1. The summed E-state index contributed by atoms with van der Waals surface area (Å²) in [7, 11) is 0. The van der Waals surface area contributed by atoms with Crippen molar-refractivity contribution in [1.82, 2.24) is 20.0 Å². The van der Waals surface area contributed by atoms with Crippen molar-refractivity contribution in [2.45, 2.75) is 61.6 Å². The summed E-state index contributed by atoms with van der Waals surface area (Å²) in [5.74, 6) is -1.23. The Hall–Kier alpha value is -2.41. The molecular formula is C25H30ClFIN5O4. The van der Waals surface area contributed by atoms with E-state index in [-0.39, 0.29) is 29.6 Å². The number of aromatic nitrogens is 2. The normalized spacial score (nSPS) is 20.9. The summed E-state index contributed by atoms with van der Waals surface area (Å²) in [5, 5.41) is 7.45. The summed E-state index contributed by atoms with van der Waals surface area (Å²) in [6.07, 6.45) is 4.91. The Balaban J connectivity index is 1.34. The van der Waals surface area contributed by atoms with E-state index in [0.29, 0.717) is 37.3 Å². The number of carbonyl (C=O) groups is 3. The van der Waals surface area contributed by atoms with E-state index in [0.717, 1.165) is 12.8 Å². The van der Waals surface area contributed by atoms with E-state index in [2.05, 4.69) is 10.4 Å². The summed E-state index contributed by atoms with van der Waals surface area (Å²) < 4.78 is 19.6. The zero-order valence-electron chi connectivity index (χ0n) is 21.0. The highest BCUT2D eigenvalue weighted by atomic mass is 127. The van der Waals surface area contributed by atoms with E-state index in [1.54, 1.807) is 22.1 Å². The maximum atomic E-state index is 13.6. The van der Waals surface area contributed by atoms with E-state index < -0.39 is 20.7 Å². The van der Waals surface area contributed by atoms with Gasteiger partial charge >= 0.3 is 6.09 Å². The number of piperidine rings is 1. The fourth-order valence-electron chi connectivity index (χ4n) is 4.49. The number of nitrogens with zero attached hydrogens (tertiary/aromatic N) is 4. The van der Waals surface area contributed by atoms with Crippen LogP contribution in [0.1, 0.15) is 51.6 Å². The number of hydrogen-bond acceptors (Lipinski definition) is 5. The minimum atomic E-state index is -1.27. The molecule has 0 radical (unpaired) electrons. The Morgan fingerprint density at radius 1 is 1.24 bits per heavy atom. The topological polar surface area (TPSA) is 96.8 Å². The number of alkyl halides is 1. The van der Waals surface area contributed by atoms with Gasteiger partial charge in [-0.05, 0) is 63.8 Å². The molecule has 37 heavy (non-hydrogen) atoms. The van der Waals surface area contributed by atoms with Crippen LogP contribution in [0.25, 0.3) is 0 Å². The highest BCUT2D eigenvalue weighted by Gasteiger charge is 2.51. The lowest BCUT2D eigenvalue weighted by molar-refractivity contribution is -0.129. The number of rotatable bonds is 5. The van der Waals surface area contributed by atoms with Gasteiger partial charge in [0.1, 0.15) is 11.4 Å². The number of carbonyl (C=O) groups excluding carboxylic acids is 3. The van der Waals surface area contributed by atoms with Crippen LogP contribution in [-0.4, -0.2) is 61.2 Å². The molecule has 200 valence electrons. The summed E-state index contributed by atoms with van der Waals surface area (Å²) in [6, 6.07) is 4.15. The van der Waals surface area contributed by atoms with Crippen LogP contribution in [0.2, 0.25) is 5.02 Å². The van der Waals surface area contributed by atoms with Gasteiger partial charge in [0.25, 0.3) is 5.91 Å². The zero-order valence-corrected chi connectivity index (χ0v) is 23.9. The molecule has 9 nitrogen and oxygen atoms in total. The van der Waals surface area contributed by atoms with Gasteiger partial charge in [-0.25, -0.2) is 9.18 Å². The molecule has 1 unspecified atom stereocenters. The molecule has 0 aliphatic carbocycles. The minimum absolute atomic E-state index is 0.0638. The number of ether oxygens (including phenoxy) is 1. The highest BCUT2D eigenvalue weighted by molar-refractivity contribution is 14.1. The molecule has 0 spiro atoms. The molecule has 4 rings (SSSR count). The average molecular weight is 646 g/mol. The smallest absolute Gasteiger partial charge is 0.410 e. The minimum Gasteiger partial charge on any atom is -0.444 e. The molecule has 12 heteroatoms. The first-order valence-electron chi connectivity index (χ1n) is 12.1. The number of likely N-dealkylation sites (tertiary alicyclic amines) is 1. The van der Waals surface area contributed by atoms with Gasteiger partial charge in [0.05, 0.1) is 17.9 Å². The zero-order chi connectivity index (χ0) is 27.0. The first-order chi connectivity index (χ1) is 17.4. The lowest BCUT2D eigenvalue weighted by Crippen LogP contribution is -2.47. The number of hydrogen-bond donors (Lipinski definition) is 1. The molecule has 2 aliphatic heterocycles. The van der Waals surface area contributed by atoms with Gasteiger partial charge in [0.2, 0.25) is 5.91 Å². The predicted molar refractivity (Wildman–Crippen MR) is 145 cm³/mol. The predicted octanol–water partition coefficient (Wildman–Crippen LogP) is 4.47. The second-order valence-electron chi connectivity index (χ2n) is 10.3. The van der Waals surface area contributed by atoms with Crippen LogP contribution in [0.4, 0.5) is 14.9 Å². The first kappa shape index (κ1) is 27.6. The molecule has 2 aliphatic rings. The standard InChI is InChI=1S/C25H30ClFIN5O4/c1-24(2,3)37-23(36)31-7-4-19(5-8-31)33-15-20(14-30-33)32-9-6-25(28,22(32)35)21(34)29-13-16-10-17(26)12-18(27)11-16/h10-12,14-15,19H,4-9,13H2,1-3H3,(H,29,34). The van der Waals surface area contributed by atoms with Crippen LogP contribution in [0.15, 0.2) is 30.6 Å². The monoisotopic (exact) mass is 645 g/mol. The summed E-state index contributed by atoms with van der Waals surface area (Å²) in [6.45, 7) is 7.10. The molecule has 1 N–H and O–H groups in total. The largest absolute Gasteiger partial charge is 0.444 e. The number of amides is 3. The lowest BCUT2D eigenvalue weighted by Gasteiger charge is -2.33. The Kier molecular flexibility index (Phi) is 8.03. The van der Waals surface area contributed by atoms with Crippen LogP contribution in [0.5, 0.6) is 0 Å². The van der Waals surface area contributed by atoms with Crippen LogP contribution in [0, 0.1) is 5.82 Å².